The minimum absolute atomic E-state index is 0.0438. The number of aromatic nitrogens is 2. The number of carbonyl (C=O) groups excluding carboxylic acids is 1. The van der Waals surface area contributed by atoms with E-state index >= 15 is 0 Å². The molecule has 0 bridgehead atoms. The molecule has 1 heterocycles. The molecule has 0 saturated heterocycles. The SMILES string of the molecule is CN(C)CCn1ccc(NC(=O)NCCc2ccc(CO)cc2)n1. The Kier molecular flexibility index (Phi) is 6.77. The zero-order valence-electron chi connectivity index (χ0n) is 14.2. The Morgan fingerprint density at radius 1 is 1.21 bits per heavy atom. The van der Waals surface area contributed by atoms with Crippen molar-refractivity contribution in [3.05, 3.63) is 47.7 Å². The van der Waals surface area contributed by atoms with Crippen molar-refractivity contribution in [2.45, 2.75) is 19.6 Å². The van der Waals surface area contributed by atoms with Crippen LogP contribution in [-0.4, -0.2) is 53.0 Å². The molecular weight excluding hydrogens is 306 g/mol. The third-order valence-electron chi connectivity index (χ3n) is 3.56. The number of nitrogens with one attached hydrogen (secondary N) is 2. The predicted octanol–water partition coefficient (Wildman–Crippen LogP) is 1.30. The van der Waals surface area contributed by atoms with Gasteiger partial charge in [0, 0.05) is 25.4 Å². The largest absolute Gasteiger partial charge is 0.392 e. The number of anilines is 1. The molecule has 24 heavy (non-hydrogen) atoms. The second kappa shape index (κ2) is 9.05. The standard InChI is InChI=1S/C17H25N5O2/c1-21(2)11-12-22-10-8-16(20-22)19-17(24)18-9-7-14-3-5-15(13-23)6-4-14/h3-6,8,10,23H,7,9,11-13H2,1-2H3,(H2,18,19,20,24). The summed E-state index contributed by atoms with van der Waals surface area (Å²) in [5, 5.41) is 18.8. The number of amides is 2. The molecule has 2 aromatic rings. The molecular formula is C17H25N5O2. The number of hydrogen-bond acceptors (Lipinski definition) is 4. The first-order chi connectivity index (χ1) is 11.6. The Bertz CT molecular complexity index is 637. The van der Waals surface area contributed by atoms with Crippen molar-refractivity contribution in [1.29, 1.82) is 0 Å². The summed E-state index contributed by atoms with van der Waals surface area (Å²) in [6, 6.07) is 9.20. The first-order valence-electron chi connectivity index (χ1n) is 7.98. The lowest BCUT2D eigenvalue weighted by atomic mass is 10.1. The van der Waals surface area contributed by atoms with Crippen LogP contribution in [0.1, 0.15) is 11.1 Å². The van der Waals surface area contributed by atoms with Gasteiger partial charge in [-0.05, 0) is 31.6 Å². The Labute approximate surface area is 142 Å². The molecule has 0 aliphatic rings. The van der Waals surface area contributed by atoms with Gasteiger partial charge in [-0.1, -0.05) is 24.3 Å². The number of benzene rings is 1. The molecule has 0 aliphatic carbocycles. The Morgan fingerprint density at radius 2 is 1.92 bits per heavy atom. The quantitative estimate of drug-likeness (QED) is 0.681. The number of carbonyl (C=O) groups is 1. The highest BCUT2D eigenvalue weighted by Gasteiger charge is 2.04. The fourth-order valence-electron chi connectivity index (χ4n) is 2.15. The van der Waals surface area contributed by atoms with Crippen LogP contribution in [0.25, 0.3) is 0 Å². The number of hydrogen-bond donors (Lipinski definition) is 3. The van der Waals surface area contributed by atoms with Crippen molar-refractivity contribution < 1.29 is 9.90 Å². The van der Waals surface area contributed by atoms with Crippen LogP contribution in [0.15, 0.2) is 36.5 Å². The fraction of sp³-hybridized carbons (Fsp3) is 0.412. The molecule has 2 rings (SSSR count). The average molecular weight is 331 g/mol. The molecule has 0 atom stereocenters. The van der Waals surface area contributed by atoms with Crippen molar-refractivity contribution in [2.24, 2.45) is 0 Å². The first-order valence-corrected chi connectivity index (χ1v) is 7.98. The van der Waals surface area contributed by atoms with Crippen molar-refractivity contribution in [1.82, 2.24) is 20.0 Å². The fourth-order valence-corrected chi connectivity index (χ4v) is 2.15. The topological polar surface area (TPSA) is 82.4 Å². The molecule has 7 heteroatoms. The molecule has 1 aromatic heterocycles. The van der Waals surface area contributed by atoms with Gasteiger partial charge < -0.3 is 15.3 Å². The minimum Gasteiger partial charge on any atom is -0.392 e. The number of aliphatic hydroxyl groups excluding tert-OH is 1. The smallest absolute Gasteiger partial charge is 0.320 e. The lowest BCUT2D eigenvalue weighted by molar-refractivity contribution is 0.252. The van der Waals surface area contributed by atoms with Crippen LogP contribution in [0.4, 0.5) is 10.6 Å². The molecule has 3 N–H and O–H groups in total. The molecule has 0 radical (unpaired) electrons. The number of aliphatic hydroxyl groups is 1. The monoisotopic (exact) mass is 331 g/mol. The van der Waals surface area contributed by atoms with Crippen molar-refractivity contribution in [2.75, 3.05) is 32.5 Å². The van der Waals surface area contributed by atoms with E-state index < -0.39 is 0 Å². The van der Waals surface area contributed by atoms with E-state index in [9.17, 15) is 4.79 Å². The lowest BCUT2D eigenvalue weighted by Crippen LogP contribution is -2.30. The predicted molar refractivity (Wildman–Crippen MR) is 93.9 cm³/mol. The van der Waals surface area contributed by atoms with Crippen LogP contribution < -0.4 is 10.6 Å². The molecule has 0 fully saturated rings. The highest BCUT2D eigenvalue weighted by molar-refractivity contribution is 5.88. The molecule has 130 valence electrons. The van der Waals surface area contributed by atoms with E-state index in [2.05, 4.69) is 20.6 Å². The minimum atomic E-state index is -0.264. The molecule has 0 saturated carbocycles. The molecule has 1 aromatic carbocycles. The van der Waals surface area contributed by atoms with Gasteiger partial charge in [0.25, 0.3) is 0 Å². The number of urea groups is 1. The summed E-state index contributed by atoms with van der Waals surface area (Å²) in [6.07, 6.45) is 2.58. The van der Waals surface area contributed by atoms with E-state index in [0.29, 0.717) is 12.4 Å². The normalized spacial score (nSPS) is 10.8. The zero-order chi connectivity index (χ0) is 17.4. The zero-order valence-corrected chi connectivity index (χ0v) is 14.2. The summed E-state index contributed by atoms with van der Waals surface area (Å²) in [5.74, 6) is 0.540. The summed E-state index contributed by atoms with van der Waals surface area (Å²) >= 11 is 0. The number of rotatable bonds is 8. The van der Waals surface area contributed by atoms with Crippen molar-refractivity contribution >= 4 is 11.8 Å². The summed E-state index contributed by atoms with van der Waals surface area (Å²) in [4.78, 5) is 13.9. The second-order valence-electron chi connectivity index (χ2n) is 5.87. The molecule has 0 spiro atoms. The summed E-state index contributed by atoms with van der Waals surface area (Å²) in [6.45, 7) is 2.25. The maximum absolute atomic E-state index is 11.9. The number of likely N-dealkylation sites (N-methyl/N-ethyl adjacent to an activating group) is 1. The Balaban J connectivity index is 1.70. The van der Waals surface area contributed by atoms with Crippen LogP contribution in [-0.2, 0) is 19.6 Å². The van der Waals surface area contributed by atoms with Gasteiger partial charge in [-0.25, -0.2) is 4.79 Å². The second-order valence-corrected chi connectivity index (χ2v) is 5.87. The number of nitrogens with zero attached hydrogens (tertiary/aromatic N) is 3. The summed E-state index contributed by atoms with van der Waals surface area (Å²) in [7, 11) is 4.01. The van der Waals surface area contributed by atoms with Crippen LogP contribution >= 0.6 is 0 Å². The third kappa shape index (κ3) is 6.02. The van der Waals surface area contributed by atoms with Crippen molar-refractivity contribution in [3.63, 3.8) is 0 Å². The molecule has 7 nitrogen and oxygen atoms in total. The lowest BCUT2D eigenvalue weighted by Gasteiger charge is -2.09. The van der Waals surface area contributed by atoms with Gasteiger partial charge >= 0.3 is 6.03 Å². The van der Waals surface area contributed by atoms with Crippen molar-refractivity contribution in [3.8, 4) is 0 Å². The van der Waals surface area contributed by atoms with Gasteiger partial charge in [-0.3, -0.25) is 10.00 Å². The van der Waals surface area contributed by atoms with Gasteiger partial charge in [0.05, 0.1) is 13.2 Å². The maximum Gasteiger partial charge on any atom is 0.320 e. The van der Waals surface area contributed by atoms with E-state index in [-0.39, 0.29) is 12.6 Å². The highest BCUT2D eigenvalue weighted by atomic mass is 16.3. The van der Waals surface area contributed by atoms with Gasteiger partial charge in [0.2, 0.25) is 0 Å². The third-order valence-corrected chi connectivity index (χ3v) is 3.56. The first kappa shape index (κ1) is 18.0. The molecule has 0 aliphatic heterocycles. The van der Waals surface area contributed by atoms with E-state index in [0.717, 1.165) is 30.6 Å². The Hall–Kier alpha value is -2.38. The van der Waals surface area contributed by atoms with Crippen LogP contribution in [0.2, 0.25) is 0 Å². The van der Waals surface area contributed by atoms with Gasteiger partial charge in [0.15, 0.2) is 5.82 Å². The van der Waals surface area contributed by atoms with E-state index in [1.807, 2.05) is 44.6 Å². The van der Waals surface area contributed by atoms with E-state index in [1.54, 1.807) is 10.7 Å². The summed E-state index contributed by atoms with van der Waals surface area (Å²) in [5.41, 5.74) is 2.00. The van der Waals surface area contributed by atoms with E-state index in [1.165, 1.54) is 0 Å². The van der Waals surface area contributed by atoms with Crippen LogP contribution in [0.3, 0.4) is 0 Å². The Morgan fingerprint density at radius 3 is 2.58 bits per heavy atom. The highest BCUT2D eigenvalue weighted by Crippen LogP contribution is 2.05. The molecule has 2 amide bonds. The maximum atomic E-state index is 11.9. The van der Waals surface area contributed by atoms with Gasteiger partial charge in [0.1, 0.15) is 0 Å². The summed E-state index contributed by atoms with van der Waals surface area (Å²) < 4.78 is 1.80. The van der Waals surface area contributed by atoms with Gasteiger partial charge in [-0.2, -0.15) is 5.10 Å². The average Bonchev–Trinajstić information content (AvgIpc) is 3.01. The van der Waals surface area contributed by atoms with Crippen LogP contribution in [0, 0.1) is 0 Å². The van der Waals surface area contributed by atoms with Gasteiger partial charge in [-0.15, -0.1) is 0 Å². The van der Waals surface area contributed by atoms with Crippen LogP contribution in [0.5, 0.6) is 0 Å². The molecule has 0 unspecified atom stereocenters. The van der Waals surface area contributed by atoms with E-state index in [4.69, 9.17) is 5.11 Å².